The standard InChI is InChI=1S/C16H33N3O2S/c1-6-13-7-9-14(10-8-13)19-15(17-5)18-11-12-22(20,21)16(2,3)4/h13-14H,6-12H2,1-5H3,(H2,17,18,19). The Morgan fingerprint density at radius 2 is 1.77 bits per heavy atom. The molecule has 0 heterocycles. The highest BCUT2D eigenvalue weighted by molar-refractivity contribution is 7.92. The minimum atomic E-state index is -3.09. The summed E-state index contributed by atoms with van der Waals surface area (Å²) in [5.41, 5.74) is 0. The molecule has 0 spiro atoms. The van der Waals surface area contributed by atoms with Crippen molar-refractivity contribution in [2.24, 2.45) is 10.9 Å². The summed E-state index contributed by atoms with van der Waals surface area (Å²) in [4.78, 5) is 4.20. The first kappa shape index (κ1) is 19.3. The summed E-state index contributed by atoms with van der Waals surface area (Å²) < 4.78 is 23.5. The lowest BCUT2D eigenvalue weighted by atomic mass is 9.84. The van der Waals surface area contributed by atoms with Gasteiger partial charge in [-0.3, -0.25) is 4.99 Å². The van der Waals surface area contributed by atoms with Gasteiger partial charge < -0.3 is 10.6 Å². The first-order chi connectivity index (χ1) is 10.2. The van der Waals surface area contributed by atoms with Crippen LogP contribution in [0.3, 0.4) is 0 Å². The maximum Gasteiger partial charge on any atom is 0.191 e. The quantitative estimate of drug-likeness (QED) is 0.599. The van der Waals surface area contributed by atoms with Crippen LogP contribution in [0.5, 0.6) is 0 Å². The molecule has 1 saturated carbocycles. The second-order valence-electron chi connectivity index (χ2n) is 7.20. The molecule has 1 aliphatic carbocycles. The Bertz CT molecular complexity index is 458. The predicted molar refractivity (Wildman–Crippen MR) is 94.1 cm³/mol. The summed E-state index contributed by atoms with van der Waals surface area (Å²) in [6.07, 6.45) is 6.14. The topological polar surface area (TPSA) is 70.6 Å². The van der Waals surface area contributed by atoms with Crippen molar-refractivity contribution in [3.05, 3.63) is 0 Å². The van der Waals surface area contributed by atoms with E-state index in [0.29, 0.717) is 18.5 Å². The zero-order valence-electron chi connectivity index (χ0n) is 14.8. The Labute approximate surface area is 136 Å². The molecule has 0 bridgehead atoms. The number of nitrogens with one attached hydrogen (secondary N) is 2. The van der Waals surface area contributed by atoms with Crippen molar-refractivity contribution in [3.8, 4) is 0 Å². The Morgan fingerprint density at radius 1 is 1.18 bits per heavy atom. The zero-order chi connectivity index (χ0) is 16.8. The number of nitrogens with zero attached hydrogens (tertiary/aromatic N) is 1. The van der Waals surface area contributed by atoms with E-state index in [1.165, 1.54) is 32.1 Å². The Kier molecular flexibility index (Phi) is 7.16. The van der Waals surface area contributed by atoms with Gasteiger partial charge in [0.1, 0.15) is 0 Å². The average molecular weight is 332 g/mol. The molecule has 0 amide bonds. The van der Waals surface area contributed by atoms with E-state index in [2.05, 4.69) is 22.5 Å². The van der Waals surface area contributed by atoms with Gasteiger partial charge in [0.05, 0.1) is 10.5 Å². The van der Waals surface area contributed by atoms with Crippen LogP contribution in [0.4, 0.5) is 0 Å². The monoisotopic (exact) mass is 331 g/mol. The molecule has 0 aromatic heterocycles. The van der Waals surface area contributed by atoms with E-state index in [1.54, 1.807) is 27.8 Å². The molecule has 0 saturated heterocycles. The highest BCUT2D eigenvalue weighted by Gasteiger charge is 2.28. The molecule has 6 heteroatoms. The van der Waals surface area contributed by atoms with Gasteiger partial charge in [-0.2, -0.15) is 0 Å². The van der Waals surface area contributed by atoms with Gasteiger partial charge in [0.2, 0.25) is 0 Å². The third kappa shape index (κ3) is 5.78. The third-order valence-corrected chi connectivity index (χ3v) is 7.19. The fourth-order valence-corrected chi connectivity index (χ4v) is 3.70. The van der Waals surface area contributed by atoms with Gasteiger partial charge in [0.15, 0.2) is 15.8 Å². The van der Waals surface area contributed by atoms with Crippen LogP contribution in [0.15, 0.2) is 4.99 Å². The van der Waals surface area contributed by atoms with Crippen LogP contribution >= 0.6 is 0 Å². The van der Waals surface area contributed by atoms with Gasteiger partial charge >= 0.3 is 0 Å². The van der Waals surface area contributed by atoms with Gasteiger partial charge in [-0.1, -0.05) is 13.3 Å². The van der Waals surface area contributed by atoms with E-state index in [0.717, 1.165) is 5.92 Å². The molecule has 0 aromatic carbocycles. The molecule has 1 rings (SSSR count). The highest BCUT2D eigenvalue weighted by atomic mass is 32.2. The first-order valence-electron chi connectivity index (χ1n) is 8.39. The number of guanidine groups is 1. The number of rotatable bonds is 5. The zero-order valence-corrected chi connectivity index (χ0v) is 15.6. The lowest BCUT2D eigenvalue weighted by Gasteiger charge is -2.29. The van der Waals surface area contributed by atoms with E-state index in [1.807, 2.05) is 0 Å². The second kappa shape index (κ2) is 8.18. The third-order valence-electron chi connectivity index (χ3n) is 4.58. The maximum absolute atomic E-state index is 12.1. The molecule has 2 N–H and O–H groups in total. The van der Waals surface area contributed by atoms with E-state index in [-0.39, 0.29) is 5.75 Å². The van der Waals surface area contributed by atoms with E-state index < -0.39 is 14.6 Å². The molecule has 0 unspecified atom stereocenters. The summed E-state index contributed by atoms with van der Waals surface area (Å²) >= 11 is 0. The van der Waals surface area contributed by atoms with Crippen LogP contribution < -0.4 is 10.6 Å². The van der Waals surface area contributed by atoms with E-state index in [9.17, 15) is 8.42 Å². The van der Waals surface area contributed by atoms with Crippen molar-refractivity contribution in [2.75, 3.05) is 19.3 Å². The number of aliphatic imine (C=N–C) groups is 1. The molecule has 0 radical (unpaired) electrons. The van der Waals surface area contributed by atoms with Crippen LogP contribution in [-0.2, 0) is 9.84 Å². The lowest BCUT2D eigenvalue weighted by molar-refractivity contribution is 0.304. The molecule has 130 valence electrons. The fourth-order valence-electron chi connectivity index (χ4n) is 2.71. The van der Waals surface area contributed by atoms with Crippen LogP contribution in [0.2, 0.25) is 0 Å². The van der Waals surface area contributed by atoms with Crippen molar-refractivity contribution < 1.29 is 8.42 Å². The summed E-state index contributed by atoms with van der Waals surface area (Å²) in [5, 5.41) is 6.55. The molecule has 1 fully saturated rings. The number of hydrogen-bond acceptors (Lipinski definition) is 3. The molecule has 1 aliphatic rings. The minimum absolute atomic E-state index is 0.125. The Morgan fingerprint density at radius 3 is 2.23 bits per heavy atom. The van der Waals surface area contributed by atoms with Crippen molar-refractivity contribution in [3.63, 3.8) is 0 Å². The number of hydrogen-bond donors (Lipinski definition) is 2. The molecule has 22 heavy (non-hydrogen) atoms. The molecule has 0 atom stereocenters. The van der Waals surface area contributed by atoms with Crippen molar-refractivity contribution in [1.82, 2.24) is 10.6 Å². The van der Waals surface area contributed by atoms with Gasteiger partial charge in [0.25, 0.3) is 0 Å². The smallest absolute Gasteiger partial charge is 0.191 e. The van der Waals surface area contributed by atoms with E-state index in [4.69, 9.17) is 0 Å². The SMILES string of the molecule is CCC1CCC(NC(=NC)NCCS(=O)(=O)C(C)(C)C)CC1. The largest absolute Gasteiger partial charge is 0.355 e. The molecule has 5 nitrogen and oxygen atoms in total. The molecular weight excluding hydrogens is 298 g/mol. The Hall–Kier alpha value is -0.780. The summed E-state index contributed by atoms with van der Waals surface area (Å²) in [6.45, 7) is 7.86. The second-order valence-corrected chi connectivity index (χ2v) is 10.1. The maximum atomic E-state index is 12.1. The van der Waals surface area contributed by atoms with Crippen molar-refractivity contribution in [2.45, 2.75) is 70.6 Å². The minimum Gasteiger partial charge on any atom is -0.355 e. The van der Waals surface area contributed by atoms with Crippen molar-refractivity contribution >= 4 is 15.8 Å². The highest BCUT2D eigenvalue weighted by Crippen LogP contribution is 2.26. The normalized spacial score (nSPS) is 24.1. The Balaban J connectivity index is 2.38. The first-order valence-corrected chi connectivity index (χ1v) is 10.0. The number of sulfone groups is 1. The summed E-state index contributed by atoms with van der Waals surface area (Å²) in [6, 6.07) is 0.452. The van der Waals surface area contributed by atoms with Crippen LogP contribution in [0.1, 0.15) is 59.8 Å². The summed E-state index contributed by atoms with van der Waals surface area (Å²) in [5.74, 6) is 1.70. The van der Waals surface area contributed by atoms with Crippen molar-refractivity contribution in [1.29, 1.82) is 0 Å². The van der Waals surface area contributed by atoms with Crippen LogP contribution in [0, 0.1) is 5.92 Å². The predicted octanol–water partition coefficient (Wildman–Crippen LogP) is 2.33. The van der Waals surface area contributed by atoms with Gasteiger partial charge in [-0.25, -0.2) is 8.42 Å². The summed E-state index contributed by atoms with van der Waals surface area (Å²) in [7, 11) is -1.36. The lowest BCUT2D eigenvalue weighted by Crippen LogP contribution is -2.46. The van der Waals surface area contributed by atoms with Crippen LogP contribution in [-0.4, -0.2) is 44.5 Å². The van der Waals surface area contributed by atoms with Gasteiger partial charge in [-0.15, -0.1) is 0 Å². The van der Waals surface area contributed by atoms with Gasteiger partial charge in [0, 0.05) is 19.6 Å². The van der Waals surface area contributed by atoms with Gasteiger partial charge in [-0.05, 0) is 52.4 Å². The van der Waals surface area contributed by atoms with E-state index >= 15 is 0 Å². The molecule has 0 aliphatic heterocycles. The average Bonchev–Trinajstić information content (AvgIpc) is 2.45. The van der Waals surface area contributed by atoms with Crippen LogP contribution in [0.25, 0.3) is 0 Å². The fraction of sp³-hybridized carbons (Fsp3) is 0.938. The molecule has 0 aromatic rings. The molecular formula is C16H33N3O2S.